The molecule has 4 N–H and O–H groups in total. The van der Waals surface area contributed by atoms with Gasteiger partial charge in [-0.15, -0.1) is 0 Å². The maximum absolute atomic E-state index is 12.3. The lowest BCUT2D eigenvalue weighted by atomic mass is 9.98. The van der Waals surface area contributed by atoms with Crippen LogP contribution in [0.25, 0.3) is 11.1 Å². The number of alkyl carbamates (subject to hydrolysis) is 1. The van der Waals surface area contributed by atoms with Crippen LogP contribution in [0.5, 0.6) is 0 Å². The van der Waals surface area contributed by atoms with Crippen LogP contribution in [0.2, 0.25) is 0 Å². The average molecular weight is 500 g/mol. The fraction of sp³-hybridized carbons (Fsp3) is 0.360. The monoisotopic (exact) mass is 499 g/mol. The zero-order valence-electron chi connectivity index (χ0n) is 20.2. The van der Waals surface area contributed by atoms with E-state index < -0.39 is 48.9 Å². The van der Waals surface area contributed by atoms with E-state index in [0.717, 1.165) is 22.3 Å². The number of hydroxylamine groups is 1. The topological polar surface area (TPSA) is 152 Å². The van der Waals surface area contributed by atoms with E-state index in [1.54, 1.807) is 20.8 Å². The third-order valence-corrected chi connectivity index (χ3v) is 5.19. The van der Waals surface area contributed by atoms with E-state index in [-0.39, 0.29) is 12.5 Å². The Morgan fingerprint density at radius 1 is 0.944 bits per heavy atom. The van der Waals surface area contributed by atoms with Crippen molar-refractivity contribution in [2.24, 2.45) is 0 Å². The summed E-state index contributed by atoms with van der Waals surface area (Å²) in [7, 11) is 0. The first-order valence-electron chi connectivity index (χ1n) is 11.3. The number of nitrogens with one attached hydrogen (secondary N) is 3. The van der Waals surface area contributed by atoms with E-state index in [2.05, 4.69) is 10.6 Å². The minimum absolute atomic E-state index is 0.0166. The van der Waals surface area contributed by atoms with Crippen LogP contribution in [0, 0.1) is 0 Å². The van der Waals surface area contributed by atoms with Gasteiger partial charge in [-0.3, -0.25) is 9.63 Å². The van der Waals surface area contributed by atoms with Crippen LogP contribution in [0.3, 0.4) is 0 Å². The van der Waals surface area contributed by atoms with Gasteiger partial charge in [0, 0.05) is 12.5 Å². The number of rotatable bonds is 9. The van der Waals surface area contributed by atoms with Gasteiger partial charge in [0.1, 0.15) is 18.2 Å². The van der Waals surface area contributed by atoms with E-state index in [1.807, 2.05) is 54.0 Å². The second-order valence-corrected chi connectivity index (χ2v) is 9.06. The summed E-state index contributed by atoms with van der Waals surface area (Å²) in [6.45, 7) is 3.99. The standard InChI is InChI=1S/C25H29N3O8/c1-25(2,3)36-24(33)28-35-14-21(29)26-12-20(22(30)31)27-23(32)34-13-19-17-10-6-4-8-15(17)16-9-5-7-11-18(16)19/h4-11,19-20H,12-14H2,1-3H3,(H,26,29)(H,27,32)(H,28,33)(H,30,31)/t20-/m0/s1. The Morgan fingerprint density at radius 3 is 2.08 bits per heavy atom. The molecule has 0 saturated heterocycles. The minimum Gasteiger partial charge on any atom is -0.480 e. The van der Waals surface area contributed by atoms with Crippen LogP contribution in [-0.2, 0) is 23.9 Å². The van der Waals surface area contributed by atoms with Gasteiger partial charge in [0.25, 0.3) is 0 Å². The number of carboxylic acids is 1. The van der Waals surface area contributed by atoms with Crippen molar-refractivity contribution in [1.29, 1.82) is 0 Å². The number of aliphatic carboxylic acids is 1. The lowest BCUT2D eigenvalue weighted by molar-refractivity contribution is -0.139. The van der Waals surface area contributed by atoms with Gasteiger partial charge in [0.05, 0.1) is 0 Å². The molecule has 192 valence electrons. The summed E-state index contributed by atoms with van der Waals surface area (Å²) >= 11 is 0. The second kappa shape index (κ2) is 11.5. The number of fused-ring (bicyclic) bond motifs is 3. The molecular weight excluding hydrogens is 470 g/mol. The van der Waals surface area contributed by atoms with Gasteiger partial charge >= 0.3 is 18.2 Å². The fourth-order valence-electron chi connectivity index (χ4n) is 3.71. The number of hydrogen-bond donors (Lipinski definition) is 4. The zero-order valence-corrected chi connectivity index (χ0v) is 20.2. The van der Waals surface area contributed by atoms with Gasteiger partial charge in [-0.25, -0.2) is 14.4 Å². The molecule has 0 fully saturated rings. The Labute approximate surface area is 208 Å². The highest BCUT2D eigenvalue weighted by Gasteiger charge is 2.30. The lowest BCUT2D eigenvalue weighted by Crippen LogP contribution is -2.49. The van der Waals surface area contributed by atoms with Crippen molar-refractivity contribution < 1.29 is 38.6 Å². The number of carbonyl (C=O) groups excluding carboxylic acids is 3. The summed E-state index contributed by atoms with van der Waals surface area (Å²) < 4.78 is 10.3. The number of hydrogen-bond acceptors (Lipinski definition) is 7. The molecule has 0 radical (unpaired) electrons. The van der Waals surface area contributed by atoms with E-state index in [9.17, 15) is 24.3 Å². The van der Waals surface area contributed by atoms with E-state index in [1.165, 1.54) is 0 Å². The third kappa shape index (κ3) is 7.19. The molecule has 1 aliphatic carbocycles. The van der Waals surface area contributed by atoms with Gasteiger partial charge in [-0.1, -0.05) is 48.5 Å². The summed E-state index contributed by atoms with van der Waals surface area (Å²) in [5, 5.41) is 14.0. The first kappa shape index (κ1) is 26.5. The molecule has 0 spiro atoms. The predicted molar refractivity (Wildman–Crippen MR) is 128 cm³/mol. The van der Waals surface area contributed by atoms with Crippen molar-refractivity contribution in [3.8, 4) is 11.1 Å². The molecule has 0 aromatic heterocycles. The Hall–Kier alpha value is -4.12. The van der Waals surface area contributed by atoms with E-state index >= 15 is 0 Å². The minimum atomic E-state index is -1.44. The van der Waals surface area contributed by atoms with Gasteiger partial charge in [0.15, 0.2) is 6.61 Å². The molecule has 2 aromatic rings. The maximum Gasteiger partial charge on any atom is 0.431 e. The van der Waals surface area contributed by atoms with Crippen LogP contribution < -0.4 is 16.1 Å². The van der Waals surface area contributed by atoms with Crippen molar-refractivity contribution in [2.75, 3.05) is 19.8 Å². The normalized spacial score (nSPS) is 13.1. The molecule has 3 rings (SSSR count). The lowest BCUT2D eigenvalue weighted by Gasteiger charge is -2.19. The van der Waals surface area contributed by atoms with Crippen LogP contribution in [0.15, 0.2) is 48.5 Å². The molecule has 0 aliphatic heterocycles. The first-order chi connectivity index (χ1) is 17.0. The SMILES string of the molecule is CC(C)(C)OC(=O)NOCC(=O)NC[C@H](NC(=O)OCC1c2ccccc2-c2ccccc21)C(=O)O. The molecule has 11 nitrogen and oxygen atoms in total. The number of ether oxygens (including phenoxy) is 2. The molecule has 0 bridgehead atoms. The molecule has 36 heavy (non-hydrogen) atoms. The maximum atomic E-state index is 12.3. The smallest absolute Gasteiger partial charge is 0.431 e. The largest absolute Gasteiger partial charge is 0.480 e. The molecule has 1 aliphatic rings. The number of benzene rings is 2. The third-order valence-electron chi connectivity index (χ3n) is 5.19. The Morgan fingerprint density at radius 2 is 1.53 bits per heavy atom. The summed E-state index contributed by atoms with van der Waals surface area (Å²) in [6.07, 6.45) is -1.81. The fourth-order valence-corrected chi connectivity index (χ4v) is 3.71. The van der Waals surface area contributed by atoms with Crippen LogP contribution in [0.4, 0.5) is 9.59 Å². The molecule has 0 unspecified atom stereocenters. The number of carboxylic acid groups (broad SMARTS) is 1. The van der Waals surface area contributed by atoms with Crippen molar-refractivity contribution in [3.63, 3.8) is 0 Å². The van der Waals surface area contributed by atoms with Crippen LogP contribution in [-0.4, -0.2) is 60.6 Å². The molecule has 1 atom stereocenters. The summed E-state index contributed by atoms with van der Waals surface area (Å²) in [5.74, 6) is -2.26. The van der Waals surface area contributed by atoms with Gasteiger partial charge in [-0.2, -0.15) is 5.48 Å². The molecule has 3 amide bonds. The van der Waals surface area contributed by atoms with E-state index in [4.69, 9.17) is 14.3 Å². The van der Waals surface area contributed by atoms with Crippen LogP contribution in [0.1, 0.15) is 37.8 Å². The highest BCUT2D eigenvalue weighted by Crippen LogP contribution is 2.44. The van der Waals surface area contributed by atoms with Crippen molar-refractivity contribution >= 4 is 24.1 Å². The molecule has 2 aromatic carbocycles. The Balaban J connectivity index is 1.46. The van der Waals surface area contributed by atoms with Crippen molar-refractivity contribution in [1.82, 2.24) is 16.1 Å². The summed E-state index contributed by atoms with van der Waals surface area (Å²) in [5.41, 5.74) is 5.38. The molecule has 11 heteroatoms. The molecular formula is C25H29N3O8. The van der Waals surface area contributed by atoms with Crippen molar-refractivity contribution in [2.45, 2.75) is 38.3 Å². The van der Waals surface area contributed by atoms with Crippen LogP contribution >= 0.6 is 0 Å². The van der Waals surface area contributed by atoms with Crippen molar-refractivity contribution in [3.05, 3.63) is 59.7 Å². The highest BCUT2D eigenvalue weighted by atomic mass is 16.7. The predicted octanol–water partition coefficient (Wildman–Crippen LogP) is 2.55. The highest BCUT2D eigenvalue weighted by molar-refractivity contribution is 5.83. The zero-order chi connectivity index (χ0) is 26.3. The van der Waals surface area contributed by atoms with E-state index in [0.29, 0.717) is 0 Å². The Bertz CT molecular complexity index is 1080. The quantitative estimate of drug-likeness (QED) is 0.384. The number of carbonyl (C=O) groups is 4. The molecule has 0 heterocycles. The summed E-state index contributed by atoms with van der Waals surface area (Å²) in [4.78, 5) is 52.0. The Kier molecular flexibility index (Phi) is 8.49. The number of amides is 3. The second-order valence-electron chi connectivity index (χ2n) is 9.06. The first-order valence-corrected chi connectivity index (χ1v) is 11.3. The van der Waals surface area contributed by atoms with Gasteiger partial charge in [-0.05, 0) is 43.0 Å². The van der Waals surface area contributed by atoms with Gasteiger partial charge in [0.2, 0.25) is 5.91 Å². The molecule has 0 saturated carbocycles. The van der Waals surface area contributed by atoms with Gasteiger partial charge < -0.3 is 25.2 Å². The average Bonchev–Trinajstić information content (AvgIpc) is 3.13. The summed E-state index contributed by atoms with van der Waals surface area (Å²) in [6, 6.07) is 14.2.